The number of H-pyrrole nitrogens is 1. The molecule has 13 heteroatoms. The number of alkyl halides is 3. The molecule has 1 heterocycles. The first kappa shape index (κ1) is 26.2. The van der Waals surface area contributed by atoms with Crippen molar-refractivity contribution in [2.45, 2.75) is 12.7 Å². The van der Waals surface area contributed by atoms with Crippen LogP contribution < -0.4 is 5.69 Å². The SMILES string of the molecule is C=C(OS(=O)(=O)O)C(=CC(=C)N(C)CCN(C)CCn1c(=O)[nH]c2ccccc21)C(F)(F)F. The van der Waals surface area contributed by atoms with E-state index >= 15 is 0 Å². The maximum Gasteiger partial charge on any atom is 0.446 e. The Kier molecular flexibility index (Phi) is 8.16. The number of benzene rings is 1. The monoisotopic (exact) mass is 490 g/mol. The summed E-state index contributed by atoms with van der Waals surface area (Å²) in [5, 5.41) is 0. The van der Waals surface area contributed by atoms with Crippen LogP contribution in [0.4, 0.5) is 13.2 Å². The molecule has 0 fully saturated rings. The average Bonchev–Trinajstić information content (AvgIpc) is 3.01. The van der Waals surface area contributed by atoms with E-state index in [9.17, 15) is 26.4 Å². The van der Waals surface area contributed by atoms with Crippen molar-refractivity contribution >= 4 is 21.4 Å². The maximum atomic E-state index is 13.3. The van der Waals surface area contributed by atoms with Gasteiger partial charge in [0.25, 0.3) is 0 Å². The minimum atomic E-state index is -5.16. The molecule has 2 rings (SSSR count). The predicted octanol–water partition coefficient (Wildman–Crippen LogP) is 2.53. The zero-order valence-corrected chi connectivity index (χ0v) is 18.9. The number of aromatic amines is 1. The van der Waals surface area contributed by atoms with Gasteiger partial charge in [-0.1, -0.05) is 25.3 Å². The molecule has 33 heavy (non-hydrogen) atoms. The van der Waals surface area contributed by atoms with Crippen LogP contribution in [0.25, 0.3) is 11.0 Å². The molecule has 0 aliphatic heterocycles. The highest BCUT2D eigenvalue weighted by atomic mass is 32.3. The number of likely N-dealkylation sites (N-methyl/N-ethyl adjacent to an activating group) is 2. The summed E-state index contributed by atoms with van der Waals surface area (Å²) >= 11 is 0. The van der Waals surface area contributed by atoms with E-state index in [4.69, 9.17) is 4.55 Å². The van der Waals surface area contributed by atoms with E-state index in [0.717, 1.165) is 11.0 Å². The Labute approximate surface area is 189 Å². The quantitative estimate of drug-likeness (QED) is 0.283. The van der Waals surface area contributed by atoms with Gasteiger partial charge >= 0.3 is 22.3 Å². The van der Waals surface area contributed by atoms with Crippen LogP contribution in [0.3, 0.4) is 0 Å². The molecule has 0 radical (unpaired) electrons. The van der Waals surface area contributed by atoms with Crippen LogP contribution in [-0.2, 0) is 21.1 Å². The van der Waals surface area contributed by atoms with Crippen LogP contribution in [0, 0.1) is 0 Å². The lowest BCUT2D eigenvalue weighted by molar-refractivity contribution is -0.0919. The highest BCUT2D eigenvalue weighted by molar-refractivity contribution is 7.81. The minimum Gasteiger partial charge on any atom is -0.374 e. The molecule has 0 bridgehead atoms. The Morgan fingerprint density at radius 3 is 2.45 bits per heavy atom. The second-order valence-electron chi connectivity index (χ2n) is 7.31. The third-order valence-electron chi connectivity index (χ3n) is 4.82. The van der Waals surface area contributed by atoms with Gasteiger partial charge in [-0.25, -0.2) is 4.79 Å². The first-order valence-electron chi connectivity index (χ1n) is 9.60. The van der Waals surface area contributed by atoms with Gasteiger partial charge in [0.15, 0.2) is 0 Å². The summed E-state index contributed by atoms with van der Waals surface area (Å²) in [5.74, 6) is -1.28. The molecule has 1 aromatic heterocycles. The first-order valence-corrected chi connectivity index (χ1v) is 11.0. The summed E-state index contributed by atoms with van der Waals surface area (Å²) in [6.07, 6.45) is -4.41. The van der Waals surface area contributed by atoms with E-state index in [1.807, 2.05) is 23.1 Å². The third kappa shape index (κ3) is 7.51. The summed E-state index contributed by atoms with van der Waals surface area (Å²) in [6, 6.07) is 7.28. The number of nitrogens with one attached hydrogen (secondary N) is 1. The summed E-state index contributed by atoms with van der Waals surface area (Å²) in [5.41, 5.74) is -0.300. The van der Waals surface area contributed by atoms with Crippen LogP contribution in [0.5, 0.6) is 0 Å². The summed E-state index contributed by atoms with van der Waals surface area (Å²) in [4.78, 5) is 18.2. The number of rotatable bonds is 11. The van der Waals surface area contributed by atoms with E-state index < -0.39 is 27.9 Å². The number of para-hydroxylation sites is 2. The van der Waals surface area contributed by atoms with Crippen molar-refractivity contribution in [3.8, 4) is 0 Å². The van der Waals surface area contributed by atoms with Crippen molar-refractivity contribution in [3.63, 3.8) is 0 Å². The van der Waals surface area contributed by atoms with Crippen LogP contribution >= 0.6 is 0 Å². The standard InChI is InChI=1S/C20H25F3N4O5S/c1-14(13-16(20(21,22)23)15(2)32-33(29,30)31)26(4)11-9-25(3)10-12-27-18-8-6-5-7-17(18)24-19(27)28/h5-8,13H,1-2,9-12H2,3-4H3,(H,24,28)(H,29,30,31). The molecule has 0 aliphatic carbocycles. The first-order chi connectivity index (χ1) is 15.2. The lowest BCUT2D eigenvalue weighted by atomic mass is 10.2. The van der Waals surface area contributed by atoms with Gasteiger partial charge in [0.2, 0.25) is 0 Å². The molecule has 0 amide bonds. The fourth-order valence-electron chi connectivity index (χ4n) is 2.94. The van der Waals surface area contributed by atoms with Crippen molar-refractivity contribution in [1.29, 1.82) is 0 Å². The summed E-state index contributed by atoms with van der Waals surface area (Å²) in [7, 11) is -1.85. The summed E-state index contributed by atoms with van der Waals surface area (Å²) < 4.78 is 75.4. The zero-order valence-electron chi connectivity index (χ0n) is 18.1. The van der Waals surface area contributed by atoms with Gasteiger partial charge in [0.1, 0.15) is 11.3 Å². The molecule has 0 saturated heterocycles. The average molecular weight is 491 g/mol. The number of hydrogen-bond acceptors (Lipinski definition) is 6. The Morgan fingerprint density at radius 1 is 1.21 bits per heavy atom. The van der Waals surface area contributed by atoms with Crippen molar-refractivity contribution in [2.24, 2.45) is 0 Å². The third-order valence-corrected chi connectivity index (χ3v) is 5.23. The van der Waals surface area contributed by atoms with Crippen molar-refractivity contribution in [3.05, 3.63) is 71.0 Å². The Hall–Kier alpha value is -3.03. The zero-order chi connectivity index (χ0) is 25.0. The van der Waals surface area contributed by atoms with Gasteiger partial charge in [-0.2, -0.15) is 21.6 Å². The fourth-order valence-corrected chi connectivity index (χ4v) is 3.29. The van der Waals surface area contributed by atoms with E-state index in [1.54, 1.807) is 17.7 Å². The van der Waals surface area contributed by atoms with Gasteiger partial charge in [-0.3, -0.25) is 9.12 Å². The van der Waals surface area contributed by atoms with Crippen LogP contribution in [0.1, 0.15) is 0 Å². The molecule has 0 aliphatic rings. The molecular weight excluding hydrogens is 465 g/mol. The number of halogens is 3. The van der Waals surface area contributed by atoms with E-state index in [0.29, 0.717) is 25.7 Å². The van der Waals surface area contributed by atoms with Gasteiger partial charge in [0.05, 0.1) is 11.0 Å². The number of aromatic nitrogens is 2. The van der Waals surface area contributed by atoms with Crippen LogP contribution in [-0.4, -0.2) is 72.2 Å². The molecule has 182 valence electrons. The number of imidazole rings is 1. The molecular formula is C20H25F3N4O5S. The molecule has 0 atom stereocenters. The molecule has 0 unspecified atom stereocenters. The molecule has 1 aromatic carbocycles. The second kappa shape index (κ2) is 10.3. The maximum absolute atomic E-state index is 13.3. The molecule has 0 saturated carbocycles. The Morgan fingerprint density at radius 2 is 1.85 bits per heavy atom. The predicted molar refractivity (Wildman–Crippen MR) is 118 cm³/mol. The second-order valence-corrected chi connectivity index (χ2v) is 8.33. The normalized spacial score (nSPS) is 12.9. The van der Waals surface area contributed by atoms with Gasteiger partial charge in [-0.05, 0) is 25.3 Å². The summed E-state index contributed by atoms with van der Waals surface area (Å²) in [6.45, 7) is 8.13. The molecule has 9 nitrogen and oxygen atoms in total. The Bertz CT molecular complexity index is 1210. The van der Waals surface area contributed by atoms with E-state index in [1.165, 1.54) is 11.9 Å². The van der Waals surface area contributed by atoms with Gasteiger partial charge < -0.3 is 19.0 Å². The molecule has 2 aromatic rings. The van der Waals surface area contributed by atoms with E-state index in [-0.39, 0.29) is 17.9 Å². The van der Waals surface area contributed by atoms with Gasteiger partial charge in [0, 0.05) is 38.9 Å². The largest absolute Gasteiger partial charge is 0.446 e. The minimum absolute atomic E-state index is 0.0799. The van der Waals surface area contributed by atoms with Crippen LogP contribution in [0.15, 0.2) is 65.3 Å². The smallest absolute Gasteiger partial charge is 0.374 e. The lowest BCUT2D eigenvalue weighted by Gasteiger charge is -2.25. The van der Waals surface area contributed by atoms with E-state index in [2.05, 4.69) is 22.3 Å². The topological polar surface area (TPSA) is 108 Å². The number of nitrogens with zero attached hydrogens (tertiary/aromatic N) is 3. The van der Waals surface area contributed by atoms with Crippen LogP contribution in [0.2, 0.25) is 0 Å². The number of hydrogen-bond donors (Lipinski definition) is 2. The molecule has 0 spiro atoms. The van der Waals surface area contributed by atoms with Crippen molar-refractivity contribution in [2.75, 3.05) is 33.7 Å². The number of allylic oxidation sites excluding steroid dienone is 2. The lowest BCUT2D eigenvalue weighted by Crippen LogP contribution is -2.33. The number of fused-ring (bicyclic) bond motifs is 1. The fraction of sp³-hybridized carbons (Fsp3) is 0.350. The molecule has 2 N–H and O–H groups in total. The van der Waals surface area contributed by atoms with Gasteiger partial charge in [-0.15, -0.1) is 0 Å². The van der Waals surface area contributed by atoms with Crippen molar-refractivity contribution < 1.29 is 30.3 Å². The van der Waals surface area contributed by atoms with Crippen molar-refractivity contribution in [1.82, 2.24) is 19.4 Å². The highest BCUT2D eigenvalue weighted by Crippen LogP contribution is 2.32. The Balaban J connectivity index is 1.98. The highest BCUT2D eigenvalue weighted by Gasteiger charge is 2.38.